The van der Waals surface area contributed by atoms with Gasteiger partial charge < -0.3 is 10.2 Å². The number of rotatable bonds is 1. The van der Waals surface area contributed by atoms with Crippen molar-refractivity contribution in [2.45, 2.75) is 0 Å². The number of halogens is 1. The summed E-state index contributed by atoms with van der Waals surface area (Å²) in [5.41, 5.74) is 0.0592. The van der Waals surface area contributed by atoms with Gasteiger partial charge in [-0.15, -0.1) is 11.3 Å². The van der Waals surface area contributed by atoms with Gasteiger partial charge in [-0.1, -0.05) is 0 Å². The predicted octanol–water partition coefficient (Wildman–Crippen LogP) is 2.44. The Bertz CT molecular complexity index is 518. The fraction of sp³-hybridized carbons (Fsp3) is 0. The number of benzene rings is 1. The molecule has 1 heterocycles. The van der Waals surface area contributed by atoms with E-state index in [1.165, 1.54) is 11.4 Å². The summed E-state index contributed by atoms with van der Waals surface area (Å²) in [5, 5.41) is 19.5. The lowest BCUT2D eigenvalue weighted by atomic mass is 10.1. The van der Waals surface area contributed by atoms with Crippen LogP contribution in [-0.4, -0.2) is 16.2 Å². The van der Waals surface area contributed by atoms with Gasteiger partial charge in [-0.05, 0) is 12.1 Å². The molecule has 1 aromatic carbocycles. The molecule has 14 heavy (non-hydrogen) atoms. The molecule has 0 saturated heterocycles. The summed E-state index contributed by atoms with van der Waals surface area (Å²) in [6.07, 6.45) is 0. The van der Waals surface area contributed by atoms with E-state index < -0.39 is 17.5 Å². The number of aromatic carboxylic acids is 1. The minimum atomic E-state index is -1.10. The number of aromatic hydroxyl groups is 1. The van der Waals surface area contributed by atoms with Crippen LogP contribution in [-0.2, 0) is 0 Å². The molecule has 0 bridgehead atoms. The highest BCUT2D eigenvalue weighted by molar-refractivity contribution is 7.17. The lowest BCUT2D eigenvalue weighted by molar-refractivity contribution is 0.0699. The quantitative estimate of drug-likeness (QED) is 0.763. The monoisotopic (exact) mass is 212 g/mol. The molecule has 72 valence electrons. The minimum Gasteiger partial charge on any atom is -0.505 e. The standard InChI is InChI=1S/C9H5FO3S/c10-7-6(11)2-1-4-5(9(12)13)3-14-8(4)7/h1-3,11H,(H,12,13). The number of fused-ring (bicyclic) bond motifs is 1. The second-order valence-corrected chi connectivity index (χ2v) is 3.61. The van der Waals surface area contributed by atoms with Gasteiger partial charge in [0.1, 0.15) is 0 Å². The molecule has 0 radical (unpaired) electrons. The van der Waals surface area contributed by atoms with Gasteiger partial charge in [-0.25, -0.2) is 9.18 Å². The zero-order valence-electron chi connectivity index (χ0n) is 6.82. The third-order valence-electron chi connectivity index (χ3n) is 1.89. The molecule has 5 heteroatoms. The summed E-state index contributed by atoms with van der Waals surface area (Å²) in [7, 11) is 0. The molecule has 0 unspecified atom stereocenters. The molecule has 2 aromatic rings. The van der Waals surface area contributed by atoms with Gasteiger partial charge in [0.2, 0.25) is 0 Å². The molecular formula is C9H5FO3S. The van der Waals surface area contributed by atoms with E-state index in [0.717, 1.165) is 17.4 Å². The smallest absolute Gasteiger partial charge is 0.337 e. The predicted molar refractivity (Wildman–Crippen MR) is 50.4 cm³/mol. The molecule has 0 amide bonds. The molecule has 2 rings (SSSR count). The maximum atomic E-state index is 13.2. The molecule has 0 spiro atoms. The molecule has 2 N–H and O–H groups in total. The summed E-state index contributed by atoms with van der Waals surface area (Å²) < 4.78 is 13.4. The Kier molecular flexibility index (Phi) is 1.89. The van der Waals surface area contributed by atoms with Crippen molar-refractivity contribution in [1.29, 1.82) is 0 Å². The van der Waals surface area contributed by atoms with Crippen LogP contribution in [0.2, 0.25) is 0 Å². The average Bonchev–Trinajstić information content (AvgIpc) is 2.55. The van der Waals surface area contributed by atoms with Gasteiger partial charge in [0, 0.05) is 10.8 Å². The summed E-state index contributed by atoms with van der Waals surface area (Å²) in [6, 6.07) is 2.55. The molecule has 0 atom stereocenters. The zero-order valence-corrected chi connectivity index (χ0v) is 7.64. The highest BCUT2D eigenvalue weighted by Crippen LogP contribution is 2.32. The van der Waals surface area contributed by atoms with Crippen LogP contribution in [0.4, 0.5) is 4.39 Å². The molecule has 1 aromatic heterocycles. The van der Waals surface area contributed by atoms with Gasteiger partial charge in [-0.3, -0.25) is 0 Å². The molecular weight excluding hydrogens is 207 g/mol. The van der Waals surface area contributed by atoms with E-state index in [1.54, 1.807) is 0 Å². The molecule has 0 saturated carbocycles. The lowest BCUT2D eigenvalue weighted by Gasteiger charge is -1.96. The van der Waals surface area contributed by atoms with Crippen molar-refractivity contribution in [2.75, 3.05) is 0 Å². The topological polar surface area (TPSA) is 57.5 Å². The number of phenols is 1. The fourth-order valence-corrected chi connectivity index (χ4v) is 2.20. The maximum absolute atomic E-state index is 13.2. The van der Waals surface area contributed by atoms with Crippen molar-refractivity contribution in [3.63, 3.8) is 0 Å². The summed E-state index contributed by atoms with van der Waals surface area (Å²) >= 11 is 0.967. The van der Waals surface area contributed by atoms with Crippen LogP contribution in [0.5, 0.6) is 5.75 Å². The Morgan fingerprint density at radius 3 is 2.79 bits per heavy atom. The first-order valence-electron chi connectivity index (χ1n) is 3.73. The van der Waals surface area contributed by atoms with Crippen molar-refractivity contribution in [3.8, 4) is 5.75 Å². The summed E-state index contributed by atoms with van der Waals surface area (Å²) in [4.78, 5) is 10.7. The van der Waals surface area contributed by atoms with Crippen LogP contribution >= 0.6 is 11.3 Å². The first kappa shape index (κ1) is 8.96. The number of thiophene rings is 1. The number of hydrogen-bond donors (Lipinski definition) is 2. The summed E-state index contributed by atoms with van der Waals surface area (Å²) in [5.74, 6) is -2.32. The minimum absolute atomic E-state index is 0.0592. The number of hydrogen-bond acceptors (Lipinski definition) is 3. The molecule has 0 aliphatic carbocycles. The van der Waals surface area contributed by atoms with Crippen LogP contribution < -0.4 is 0 Å². The van der Waals surface area contributed by atoms with Crippen LogP contribution in [0.15, 0.2) is 17.5 Å². The van der Waals surface area contributed by atoms with Crippen molar-refractivity contribution in [1.82, 2.24) is 0 Å². The van der Waals surface area contributed by atoms with Crippen LogP contribution in [0.1, 0.15) is 10.4 Å². The van der Waals surface area contributed by atoms with E-state index in [2.05, 4.69) is 0 Å². The maximum Gasteiger partial charge on any atom is 0.337 e. The molecule has 0 aliphatic rings. The normalized spacial score (nSPS) is 10.6. The zero-order chi connectivity index (χ0) is 10.3. The second kappa shape index (κ2) is 2.95. The number of carboxylic acids is 1. The first-order chi connectivity index (χ1) is 6.61. The van der Waals surface area contributed by atoms with E-state index in [4.69, 9.17) is 10.2 Å². The van der Waals surface area contributed by atoms with E-state index in [1.807, 2.05) is 0 Å². The second-order valence-electron chi connectivity index (χ2n) is 2.73. The number of carboxylic acid groups (broad SMARTS) is 1. The Morgan fingerprint density at radius 1 is 1.43 bits per heavy atom. The van der Waals surface area contributed by atoms with E-state index in [9.17, 15) is 9.18 Å². The Labute approximate surface area is 82.0 Å². The van der Waals surface area contributed by atoms with Crippen LogP contribution in [0.25, 0.3) is 10.1 Å². The van der Waals surface area contributed by atoms with E-state index in [-0.39, 0.29) is 10.3 Å². The Morgan fingerprint density at radius 2 is 2.14 bits per heavy atom. The van der Waals surface area contributed by atoms with E-state index in [0.29, 0.717) is 5.39 Å². The Hall–Kier alpha value is -1.62. The molecule has 0 fully saturated rings. The lowest BCUT2D eigenvalue weighted by Crippen LogP contribution is -1.93. The largest absolute Gasteiger partial charge is 0.505 e. The SMILES string of the molecule is O=C(O)c1csc2c(F)c(O)ccc12. The Balaban J connectivity index is 2.83. The molecule has 3 nitrogen and oxygen atoms in total. The highest BCUT2D eigenvalue weighted by atomic mass is 32.1. The number of phenolic OH excluding ortho intramolecular Hbond substituents is 1. The third-order valence-corrected chi connectivity index (χ3v) is 2.88. The van der Waals surface area contributed by atoms with Gasteiger partial charge in [0.05, 0.1) is 10.3 Å². The van der Waals surface area contributed by atoms with Crippen LogP contribution in [0, 0.1) is 5.82 Å². The van der Waals surface area contributed by atoms with Gasteiger partial charge in [-0.2, -0.15) is 0 Å². The van der Waals surface area contributed by atoms with Crippen molar-refractivity contribution >= 4 is 27.4 Å². The first-order valence-corrected chi connectivity index (χ1v) is 4.61. The van der Waals surface area contributed by atoms with Gasteiger partial charge in [0.25, 0.3) is 0 Å². The average molecular weight is 212 g/mol. The molecule has 0 aliphatic heterocycles. The van der Waals surface area contributed by atoms with Gasteiger partial charge >= 0.3 is 5.97 Å². The third kappa shape index (κ3) is 1.13. The van der Waals surface area contributed by atoms with Crippen LogP contribution in [0.3, 0.4) is 0 Å². The summed E-state index contributed by atoms with van der Waals surface area (Å²) in [6.45, 7) is 0. The van der Waals surface area contributed by atoms with Gasteiger partial charge in [0.15, 0.2) is 11.6 Å². The number of carbonyl (C=O) groups is 1. The van der Waals surface area contributed by atoms with Crippen molar-refractivity contribution < 1.29 is 19.4 Å². The highest BCUT2D eigenvalue weighted by Gasteiger charge is 2.15. The van der Waals surface area contributed by atoms with E-state index >= 15 is 0 Å². The van der Waals surface area contributed by atoms with Crippen molar-refractivity contribution in [2.24, 2.45) is 0 Å². The fourth-order valence-electron chi connectivity index (χ4n) is 1.22. The van der Waals surface area contributed by atoms with Crippen molar-refractivity contribution in [3.05, 3.63) is 28.9 Å².